The average Bonchev–Trinajstić information content (AvgIpc) is 2.69. The van der Waals surface area contributed by atoms with Crippen molar-refractivity contribution in [2.24, 2.45) is 0 Å². The monoisotopic (exact) mass is 394 g/mol. The van der Waals surface area contributed by atoms with Crippen molar-refractivity contribution in [3.63, 3.8) is 0 Å². The number of amides is 1. The maximum atomic E-state index is 12.9. The molecule has 6 heteroatoms. The maximum absolute atomic E-state index is 12.9. The van der Waals surface area contributed by atoms with Crippen molar-refractivity contribution >= 4 is 38.1 Å². The zero-order chi connectivity index (χ0) is 19.7. The highest BCUT2D eigenvalue weighted by Crippen LogP contribution is 2.31. The van der Waals surface area contributed by atoms with Crippen LogP contribution in [0.15, 0.2) is 65.6 Å². The largest absolute Gasteiger partial charge is 0.312 e. The van der Waals surface area contributed by atoms with Gasteiger partial charge < -0.3 is 4.90 Å². The van der Waals surface area contributed by atoms with Gasteiger partial charge in [-0.15, -0.1) is 0 Å². The van der Waals surface area contributed by atoms with Crippen LogP contribution in [0.4, 0.5) is 11.4 Å². The molecule has 3 aromatic carbocycles. The van der Waals surface area contributed by atoms with E-state index in [0.717, 1.165) is 28.4 Å². The van der Waals surface area contributed by atoms with Crippen LogP contribution < -0.4 is 9.62 Å². The number of anilines is 2. The van der Waals surface area contributed by atoms with Crippen LogP contribution in [-0.4, -0.2) is 20.9 Å². The minimum absolute atomic E-state index is 0.124. The van der Waals surface area contributed by atoms with E-state index in [9.17, 15) is 13.2 Å². The number of nitrogens with zero attached hydrogens (tertiary/aromatic N) is 1. The predicted octanol–water partition coefficient (Wildman–Crippen LogP) is 4.33. The molecular weight excluding hydrogens is 372 g/mol. The van der Waals surface area contributed by atoms with Gasteiger partial charge in [-0.25, -0.2) is 8.42 Å². The molecule has 4 rings (SSSR count). The third-order valence-corrected chi connectivity index (χ3v) is 6.39. The fraction of sp³-hybridized carbons (Fsp3) is 0.227. The van der Waals surface area contributed by atoms with Gasteiger partial charge in [-0.3, -0.25) is 9.52 Å². The van der Waals surface area contributed by atoms with Crippen LogP contribution in [0.1, 0.15) is 25.3 Å². The second-order valence-electron chi connectivity index (χ2n) is 7.00. The molecule has 144 valence electrons. The second-order valence-corrected chi connectivity index (χ2v) is 8.69. The van der Waals surface area contributed by atoms with E-state index in [1.54, 1.807) is 23.1 Å². The quantitative estimate of drug-likeness (QED) is 0.700. The minimum Gasteiger partial charge on any atom is -0.312 e. The van der Waals surface area contributed by atoms with Gasteiger partial charge in [0.2, 0.25) is 5.91 Å². The third kappa shape index (κ3) is 3.47. The fourth-order valence-electron chi connectivity index (χ4n) is 3.64. The Labute approximate surface area is 165 Å². The summed E-state index contributed by atoms with van der Waals surface area (Å²) in [5.41, 5.74) is 2.39. The minimum atomic E-state index is -3.70. The van der Waals surface area contributed by atoms with Crippen LogP contribution in [-0.2, 0) is 21.2 Å². The van der Waals surface area contributed by atoms with E-state index in [0.29, 0.717) is 25.1 Å². The summed E-state index contributed by atoms with van der Waals surface area (Å²) < 4.78 is 28.4. The molecule has 0 fully saturated rings. The zero-order valence-corrected chi connectivity index (χ0v) is 16.5. The Balaban J connectivity index is 1.63. The summed E-state index contributed by atoms with van der Waals surface area (Å²) in [6.45, 7) is 2.71. The highest BCUT2D eigenvalue weighted by atomic mass is 32.2. The molecule has 5 nitrogen and oxygen atoms in total. The lowest BCUT2D eigenvalue weighted by atomic mass is 10.0. The van der Waals surface area contributed by atoms with Gasteiger partial charge in [0.1, 0.15) is 0 Å². The highest BCUT2D eigenvalue weighted by Gasteiger charge is 2.24. The van der Waals surface area contributed by atoms with Crippen molar-refractivity contribution in [2.45, 2.75) is 31.1 Å². The first-order valence-corrected chi connectivity index (χ1v) is 10.9. The highest BCUT2D eigenvalue weighted by molar-refractivity contribution is 7.92. The predicted molar refractivity (Wildman–Crippen MR) is 112 cm³/mol. The molecule has 0 spiro atoms. The molecule has 1 amide bonds. The molecule has 0 aromatic heterocycles. The number of aryl methyl sites for hydroxylation is 1. The first-order chi connectivity index (χ1) is 13.5. The summed E-state index contributed by atoms with van der Waals surface area (Å²) in [5.74, 6) is 0.124. The number of carbonyl (C=O) groups excluding carboxylic acids is 1. The van der Waals surface area contributed by atoms with Gasteiger partial charge in [0.25, 0.3) is 10.0 Å². The molecule has 0 saturated carbocycles. The van der Waals surface area contributed by atoms with Gasteiger partial charge in [0, 0.05) is 24.3 Å². The van der Waals surface area contributed by atoms with Gasteiger partial charge in [-0.2, -0.15) is 0 Å². The van der Waals surface area contributed by atoms with Crippen LogP contribution >= 0.6 is 0 Å². The molecule has 1 N–H and O–H groups in total. The van der Waals surface area contributed by atoms with E-state index >= 15 is 0 Å². The molecule has 1 aliphatic heterocycles. The molecule has 0 saturated heterocycles. The van der Waals surface area contributed by atoms with E-state index in [4.69, 9.17) is 0 Å². The lowest BCUT2D eigenvalue weighted by Gasteiger charge is -2.29. The van der Waals surface area contributed by atoms with Gasteiger partial charge in [-0.1, -0.05) is 37.3 Å². The number of carbonyl (C=O) groups is 1. The Bertz CT molecular complexity index is 1160. The molecule has 1 aliphatic rings. The molecule has 0 aliphatic carbocycles. The van der Waals surface area contributed by atoms with Gasteiger partial charge in [0.15, 0.2) is 0 Å². The van der Waals surface area contributed by atoms with Crippen LogP contribution in [0.3, 0.4) is 0 Å². The van der Waals surface area contributed by atoms with Gasteiger partial charge in [0.05, 0.1) is 4.90 Å². The van der Waals surface area contributed by atoms with Crippen LogP contribution in [0.2, 0.25) is 0 Å². The molecule has 0 radical (unpaired) electrons. The first-order valence-electron chi connectivity index (χ1n) is 9.43. The summed E-state index contributed by atoms with van der Waals surface area (Å²) in [6, 6.07) is 18.2. The van der Waals surface area contributed by atoms with Crippen molar-refractivity contribution in [3.8, 4) is 0 Å². The van der Waals surface area contributed by atoms with E-state index < -0.39 is 10.0 Å². The fourth-order valence-corrected chi connectivity index (χ4v) is 4.73. The molecule has 3 aromatic rings. The number of hydrogen-bond acceptors (Lipinski definition) is 3. The third-order valence-electron chi connectivity index (χ3n) is 5.01. The number of benzene rings is 3. The molecule has 1 heterocycles. The summed E-state index contributed by atoms with van der Waals surface area (Å²) in [7, 11) is -3.70. The molecule has 0 unspecified atom stereocenters. The van der Waals surface area contributed by atoms with Crippen LogP contribution in [0, 0.1) is 0 Å². The Morgan fingerprint density at radius 3 is 2.54 bits per heavy atom. The van der Waals surface area contributed by atoms with Gasteiger partial charge >= 0.3 is 0 Å². The van der Waals surface area contributed by atoms with E-state index in [2.05, 4.69) is 4.72 Å². The summed E-state index contributed by atoms with van der Waals surface area (Å²) in [4.78, 5) is 14.2. The van der Waals surface area contributed by atoms with Crippen LogP contribution in [0.5, 0.6) is 0 Å². The Morgan fingerprint density at radius 2 is 1.75 bits per heavy atom. The lowest BCUT2D eigenvalue weighted by molar-refractivity contribution is -0.118. The molecule has 0 bridgehead atoms. The number of fused-ring (bicyclic) bond motifs is 2. The molecule has 0 atom stereocenters. The van der Waals surface area contributed by atoms with Crippen molar-refractivity contribution < 1.29 is 13.2 Å². The smallest absolute Gasteiger partial charge is 0.261 e. The Kier molecular flexibility index (Phi) is 4.81. The van der Waals surface area contributed by atoms with Crippen molar-refractivity contribution in [1.82, 2.24) is 0 Å². The van der Waals surface area contributed by atoms with Crippen molar-refractivity contribution in [1.29, 1.82) is 0 Å². The lowest BCUT2D eigenvalue weighted by Crippen LogP contribution is -2.35. The first kappa shape index (κ1) is 18.5. The van der Waals surface area contributed by atoms with E-state index in [-0.39, 0.29) is 10.8 Å². The standard InChI is InChI=1S/C22H22N2O3S/c1-2-13-24-21-11-9-19(14-18(21)8-12-22(24)25)23-28(26,27)20-10-7-16-5-3-4-6-17(16)15-20/h3-7,9-11,14-15,23H,2,8,12-13H2,1H3. The SMILES string of the molecule is CCCN1C(=O)CCc2cc(NS(=O)(=O)c3ccc4ccccc4c3)ccc21. The molecule has 28 heavy (non-hydrogen) atoms. The number of hydrogen-bond donors (Lipinski definition) is 1. The zero-order valence-electron chi connectivity index (χ0n) is 15.7. The maximum Gasteiger partial charge on any atom is 0.261 e. The number of sulfonamides is 1. The normalized spacial score (nSPS) is 14.2. The second kappa shape index (κ2) is 7.28. The summed E-state index contributed by atoms with van der Waals surface area (Å²) in [6.07, 6.45) is 1.95. The Morgan fingerprint density at radius 1 is 0.964 bits per heavy atom. The average molecular weight is 394 g/mol. The van der Waals surface area contributed by atoms with E-state index in [1.807, 2.05) is 49.4 Å². The molecular formula is C22H22N2O3S. The van der Waals surface area contributed by atoms with Crippen LogP contribution in [0.25, 0.3) is 10.8 Å². The number of nitrogens with one attached hydrogen (secondary N) is 1. The van der Waals surface area contributed by atoms with Crippen molar-refractivity contribution in [3.05, 3.63) is 66.2 Å². The van der Waals surface area contributed by atoms with Crippen molar-refractivity contribution in [2.75, 3.05) is 16.2 Å². The van der Waals surface area contributed by atoms with E-state index in [1.165, 1.54) is 0 Å². The number of rotatable bonds is 5. The van der Waals surface area contributed by atoms with Gasteiger partial charge in [-0.05, 0) is 59.5 Å². The Hall–Kier alpha value is -2.86. The topological polar surface area (TPSA) is 66.5 Å². The summed E-state index contributed by atoms with van der Waals surface area (Å²) >= 11 is 0. The summed E-state index contributed by atoms with van der Waals surface area (Å²) in [5, 5.41) is 1.88.